The Bertz CT molecular complexity index is 593. The Morgan fingerprint density at radius 1 is 1.25 bits per heavy atom. The SMILES string of the molecule is CCOC(=O)N1CCC(NC(=O)c2cc(Cl)c(OC)c(Cl)c2)CC1. The van der Waals surface area contributed by atoms with Gasteiger partial charge in [0.05, 0.1) is 23.8 Å². The average molecular weight is 375 g/mol. The summed E-state index contributed by atoms with van der Waals surface area (Å²) in [5.41, 5.74) is 0.374. The average Bonchev–Trinajstić information content (AvgIpc) is 2.55. The molecule has 8 heteroatoms. The first-order valence-electron chi connectivity index (χ1n) is 7.71. The van der Waals surface area contributed by atoms with Crippen molar-refractivity contribution < 1.29 is 19.1 Å². The third-order valence-corrected chi connectivity index (χ3v) is 4.38. The van der Waals surface area contributed by atoms with E-state index < -0.39 is 0 Å². The summed E-state index contributed by atoms with van der Waals surface area (Å²) < 4.78 is 10.0. The Kier molecular flexibility index (Phi) is 6.57. The molecule has 0 aromatic heterocycles. The number of amides is 2. The molecule has 1 fully saturated rings. The molecule has 1 aliphatic heterocycles. The molecule has 1 saturated heterocycles. The van der Waals surface area contributed by atoms with E-state index in [-0.39, 0.29) is 28.1 Å². The van der Waals surface area contributed by atoms with E-state index >= 15 is 0 Å². The first kappa shape index (κ1) is 18.7. The van der Waals surface area contributed by atoms with E-state index in [9.17, 15) is 9.59 Å². The maximum atomic E-state index is 12.4. The topological polar surface area (TPSA) is 67.9 Å². The van der Waals surface area contributed by atoms with E-state index in [4.69, 9.17) is 32.7 Å². The Labute approximate surface area is 151 Å². The zero-order valence-corrected chi connectivity index (χ0v) is 15.1. The normalized spacial score (nSPS) is 15.1. The number of nitrogens with one attached hydrogen (secondary N) is 1. The summed E-state index contributed by atoms with van der Waals surface area (Å²) >= 11 is 12.1. The molecule has 1 heterocycles. The van der Waals surface area contributed by atoms with Crippen LogP contribution in [0.15, 0.2) is 12.1 Å². The molecule has 0 bridgehead atoms. The first-order valence-corrected chi connectivity index (χ1v) is 8.47. The second kappa shape index (κ2) is 8.44. The molecule has 1 aromatic carbocycles. The summed E-state index contributed by atoms with van der Waals surface area (Å²) in [6.45, 7) is 3.23. The Morgan fingerprint density at radius 3 is 2.33 bits per heavy atom. The lowest BCUT2D eigenvalue weighted by Crippen LogP contribution is -2.46. The highest BCUT2D eigenvalue weighted by Gasteiger charge is 2.25. The summed E-state index contributed by atoms with van der Waals surface area (Å²) in [5, 5.41) is 3.51. The number of hydrogen-bond acceptors (Lipinski definition) is 4. The Hall–Kier alpha value is -1.66. The largest absolute Gasteiger partial charge is 0.494 e. The van der Waals surface area contributed by atoms with Crippen LogP contribution in [0.25, 0.3) is 0 Å². The molecule has 2 rings (SSSR count). The minimum atomic E-state index is -0.309. The maximum absolute atomic E-state index is 12.4. The predicted octanol–water partition coefficient (Wildman–Crippen LogP) is 3.35. The van der Waals surface area contributed by atoms with Crippen molar-refractivity contribution in [1.29, 1.82) is 0 Å². The molecule has 0 spiro atoms. The summed E-state index contributed by atoms with van der Waals surface area (Å²) in [6, 6.07) is 3.04. The number of likely N-dealkylation sites (tertiary alicyclic amines) is 1. The number of methoxy groups -OCH3 is 1. The van der Waals surface area contributed by atoms with Crippen molar-refractivity contribution in [1.82, 2.24) is 10.2 Å². The van der Waals surface area contributed by atoms with E-state index in [2.05, 4.69) is 5.32 Å². The molecule has 1 aliphatic rings. The monoisotopic (exact) mass is 374 g/mol. The van der Waals surface area contributed by atoms with E-state index in [1.54, 1.807) is 11.8 Å². The van der Waals surface area contributed by atoms with E-state index in [1.165, 1.54) is 19.2 Å². The molecule has 132 valence electrons. The Morgan fingerprint density at radius 2 is 1.83 bits per heavy atom. The zero-order valence-electron chi connectivity index (χ0n) is 13.6. The van der Waals surface area contributed by atoms with Crippen molar-refractivity contribution in [3.63, 3.8) is 0 Å². The molecule has 0 saturated carbocycles. The number of ether oxygens (including phenoxy) is 2. The van der Waals surface area contributed by atoms with Gasteiger partial charge in [0.25, 0.3) is 5.91 Å². The lowest BCUT2D eigenvalue weighted by atomic mass is 10.0. The number of hydrogen-bond donors (Lipinski definition) is 1. The number of rotatable bonds is 4. The van der Waals surface area contributed by atoms with Gasteiger partial charge in [-0.3, -0.25) is 4.79 Å². The van der Waals surface area contributed by atoms with Crippen LogP contribution >= 0.6 is 23.2 Å². The summed E-state index contributed by atoms with van der Waals surface area (Å²) in [4.78, 5) is 25.7. The minimum absolute atomic E-state index is 0.0113. The van der Waals surface area contributed by atoms with Gasteiger partial charge in [-0.05, 0) is 31.9 Å². The van der Waals surface area contributed by atoms with Crippen LogP contribution in [0.3, 0.4) is 0 Å². The van der Waals surface area contributed by atoms with Crippen LogP contribution in [0.5, 0.6) is 5.75 Å². The number of benzene rings is 1. The number of piperidine rings is 1. The van der Waals surface area contributed by atoms with Crippen molar-refractivity contribution in [2.75, 3.05) is 26.8 Å². The molecule has 0 atom stereocenters. The van der Waals surface area contributed by atoms with E-state index in [0.29, 0.717) is 43.9 Å². The van der Waals surface area contributed by atoms with Gasteiger partial charge < -0.3 is 19.7 Å². The minimum Gasteiger partial charge on any atom is -0.494 e. The lowest BCUT2D eigenvalue weighted by molar-refractivity contribution is 0.0860. The molecule has 1 N–H and O–H groups in total. The van der Waals surface area contributed by atoms with Gasteiger partial charge in [0.2, 0.25) is 0 Å². The first-order chi connectivity index (χ1) is 11.5. The van der Waals surface area contributed by atoms with E-state index in [1.807, 2.05) is 0 Å². The number of nitrogens with zero attached hydrogens (tertiary/aromatic N) is 1. The van der Waals surface area contributed by atoms with Crippen LogP contribution in [0.2, 0.25) is 10.0 Å². The second-order valence-electron chi connectivity index (χ2n) is 5.41. The van der Waals surface area contributed by atoms with Crippen molar-refractivity contribution in [2.45, 2.75) is 25.8 Å². The molecule has 0 unspecified atom stereocenters. The molecule has 6 nitrogen and oxygen atoms in total. The molecule has 0 radical (unpaired) electrons. The fraction of sp³-hybridized carbons (Fsp3) is 0.500. The van der Waals surface area contributed by atoms with E-state index in [0.717, 1.165) is 0 Å². The van der Waals surface area contributed by atoms with Crippen LogP contribution < -0.4 is 10.1 Å². The van der Waals surface area contributed by atoms with Crippen LogP contribution in [0.4, 0.5) is 4.79 Å². The van der Waals surface area contributed by atoms with Crippen LogP contribution in [0, 0.1) is 0 Å². The second-order valence-corrected chi connectivity index (χ2v) is 6.22. The van der Waals surface area contributed by atoms with Gasteiger partial charge in [-0.2, -0.15) is 0 Å². The summed E-state index contributed by atoms with van der Waals surface area (Å²) in [5.74, 6) is 0.0914. The van der Waals surface area contributed by atoms with Gasteiger partial charge in [0.15, 0.2) is 5.75 Å². The van der Waals surface area contributed by atoms with Gasteiger partial charge in [-0.25, -0.2) is 4.79 Å². The van der Waals surface area contributed by atoms with Crippen molar-refractivity contribution in [2.24, 2.45) is 0 Å². The predicted molar refractivity (Wildman–Crippen MR) is 92.1 cm³/mol. The van der Waals surface area contributed by atoms with Gasteiger partial charge in [-0.15, -0.1) is 0 Å². The fourth-order valence-corrected chi connectivity index (χ4v) is 3.22. The highest BCUT2D eigenvalue weighted by atomic mass is 35.5. The standard InChI is InChI=1S/C16H20Cl2N2O4/c1-3-24-16(22)20-6-4-11(5-7-20)19-15(21)10-8-12(17)14(23-2)13(18)9-10/h8-9,11H,3-7H2,1-2H3,(H,19,21). The van der Waals surface area contributed by atoms with Crippen LogP contribution in [-0.2, 0) is 4.74 Å². The number of carbonyl (C=O) groups excluding carboxylic acids is 2. The molecule has 2 amide bonds. The highest BCUT2D eigenvalue weighted by Crippen LogP contribution is 2.33. The van der Waals surface area contributed by atoms with Crippen molar-refractivity contribution in [3.8, 4) is 5.75 Å². The zero-order chi connectivity index (χ0) is 17.7. The van der Waals surface area contributed by atoms with Gasteiger partial charge in [0, 0.05) is 24.7 Å². The lowest BCUT2D eigenvalue weighted by Gasteiger charge is -2.31. The highest BCUT2D eigenvalue weighted by molar-refractivity contribution is 6.37. The third kappa shape index (κ3) is 4.45. The molecule has 0 aliphatic carbocycles. The number of halogens is 2. The fourth-order valence-electron chi connectivity index (χ4n) is 2.58. The summed E-state index contributed by atoms with van der Waals surface area (Å²) in [6.07, 6.45) is 1.03. The Balaban J connectivity index is 1.93. The molecule has 24 heavy (non-hydrogen) atoms. The van der Waals surface area contributed by atoms with Gasteiger partial charge in [-0.1, -0.05) is 23.2 Å². The smallest absolute Gasteiger partial charge is 0.409 e. The molecular weight excluding hydrogens is 355 g/mol. The van der Waals surface area contributed by atoms with Crippen molar-refractivity contribution >= 4 is 35.2 Å². The number of carbonyl (C=O) groups is 2. The van der Waals surface area contributed by atoms with Gasteiger partial charge >= 0.3 is 6.09 Å². The molecular formula is C16H20Cl2N2O4. The quantitative estimate of drug-likeness (QED) is 0.877. The molecule has 1 aromatic rings. The van der Waals surface area contributed by atoms with Crippen LogP contribution in [-0.4, -0.2) is 49.7 Å². The summed E-state index contributed by atoms with van der Waals surface area (Å²) in [7, 11) is 1.46. The third-order valence-electron chi connectivity index (χ3n) is 3.82. The van der Waals surface area contributed by atoms with Crippen molar-refractivity contribution in [3.05, 3.63) is 27.7 Å². The van der Waals surface area contributed by atoms with Gasteiger partial charge in [0.1, 0.15) is 0 Å². The maximum Gasteiger partial charge on any atom is 0.409 e. The van der Waals surface area contributed by atoms with Crippen LogP contribution in [0.1, 0.15) is 30.1 Å².